The van der Waals surface area contributed by atoms with Crippen molar-refractivity contribution >= 4 is 23.5 Å². The van der Waals surface area contributed by atoms with E-state index in [0.29, 0.717) is 16.4 Å². The minimum atomic E-state index is -0.409. The third kappa shape index (κ3) is 2.51. The van der Waals surface area contributed by atoms with E-state index in [1.165, 1.54) is 0 Å². The van der Waals surface area contributed by atoms with Gasteiger partial charge in [-0.3, -0.25) is 4.79 Å². The van der Waals surface area contributed by atoms with Crippen molar-refractivity contribution in [3.05, 3.63) is 65.2 Å². The average molecular weight is 299 g/mol. The molecule has 0 saturated carbocycles. The van der Waals surface area contributed by atoms with Gasteiger partial charge in [0.05, 0.1) is 10.6 Å². The molecule has 6 heteroatoms. The van der Waals surface area contributed by atoms with Crippen LogP contribution in [0.15, 0.2) is 54.6 Å². The molecule has 5 nitrogen and oxygen atoms in total. The van der Waals surface area contributed by atoms with Gasteiger partial charge in [-0.05, 0) is 12.1 Å². The van der Waals surface area contributed by atoms with E-state index >= 15 is 0 Å². The maximum absolute atomic E-state index is 12.4. The van der Waals surface area contributed by atoms with Crippen LogP contribution < -0.4 is 5.73 Å². The van der Waals surface area contributed by atoms with Gasteiger partial charge in [-0.1, -0.05) is 54.1 Å². The predicted octanol–water partition coefficient (Wildman–Crippen LogP) is 2.87. The molecule has 0 saturated heterocycles. The average Bonchev–Trinajstić information content (AvgIpc) is 2.90. The van der Waals surface area contributed by atoms with Gasteiger partial charge in [0.15, 0.2) is 5.82 Å². The lowest BCUT2D eigenvalue weighted by molar-refractivity contribution is 0.0948. The molecule has 1 heterocycles. The summed E-state index contributed by atoms with van der Waals surface area (Å²) >= 11 is 6.02. The van der Waals surface area contributed by atoms with Gasteiger partial charge in [-0.25, -0.2) is 0 Å². The summed E-state index contributed by atoms with van der Waals surface area (Å²) in [5.74, 6) is 0.0139. The first-order valence-electron chi connectivity index (χ1n) is 6.24. The van der Waals surface area contributed by atoms with E-state index in [-0.39, 0.29) is 5.95 Å². The number of carbonyl (C=O) groups excluding carboxylic acids is 1. The number of nitrogens with two attached hydrogens (primary N) is 1. The van der Waals surface area contributed by atoms with Crippen LogP contribution in [-0.4, -0.2) is 20.7 Å². The fourth-order valence-corrected chi connectivity index (χ4v) is 2.15. The molecule has 0 atom stereocenters. The highest BCUT2D eigenvalue weighted by atomic mass is 35.5. The zero-order valence-electron chi connectivity index (χ0n) is 10.9. The fraction of sp³-hybridized carbons (Fsp3) is 0. The number of hydrogen-bond acceptors (Lipinski definition) is 4. The lowest BCUT2D eigenvalue weighted by Gasteiger charge is -2.03. The largest absolute Gasteiger partial charge is 0.368 e. The van der Waals surface area contributed by atoms with Crippen LogP contribution in [0.1, 0.15) is 10.4 Å². The Balaban J connectivity index is 2.03. The van der Waals surface area contributed by atoms with E-state index in [1.807, 2.05) is 30.3 Å². The van der Waals surface area contributed by atoms with Crippen molar-refractivity contribution in [1.29, 1.82) is 0 Å². The van der Waals surface area contributed by atoms with Crippen molar-refractivity contribution in [2.75, 3.05) is 5.73 Å². The van der Waals surface area contributed by atoms with Crippen LogP contribution in [0.2, 0.25) is 5.02 Å². The first-order chi connectivity index (χ1) is 10.2. The number of carbonyl (C=O) groups is 1. The molecular weight excluding hydrogens is 288 g/mol. The second-order valence-electron chi connectivity index (χ2n) is 4.36. The molecule has 2 aromatic carbocycles. The molecule has 0 bridgehead atoms. The van der Waals surface area contributed by atoms with Gasteiger partial charge < -0.3 is 5.73 Å². The van der Waals surface area contributed by atoms with E-state index in [0.717, 1.165) is 10.2 Å². The van der Waals surface area contributed by atoms with Crippen LogP contribution in [0.4, 0.5) is 5.95 Å². The van der Waals surface area contributed by atoms with E-state index in [1.54, 1.807) is 24.3 Å². The molecular formula is C15H11ClN4O. The Morgan fingerprint density at radius 1 is 1.05 bits per heavy atom. The number of halogens is 1. The monoisotopic (exact) mass is 298 g/mol. The summed E-state index contributed by atoms with van der Waals surface area (Å²) in [6.07, 6.45) is 0. The van der Waals surface area contributed by atoms with E-state index in [4.69, 9.17) is 17.3 Å². The number of benzene rings is 2. The Morgan fingerprint density at radius 3 is 2.43 bits per heavy atom. The molecule has 2 N–H and O–H groups in total. The van der Waals surface area contributed by atoms with E-state index in [2.05, 4.69) is 10.1 Å². The van der Waals surface area contributed by atoms with Crippen molar-refractivity contribution in [2.45, 2.75) is 0 Å². The minimum Gasteiger partial charge on any atom is -0.368 e. The molecule has 3 aromatic rings. The molecule has 3 rings (SSSR count). The zero-order valence-corrected chi connectivity index (χ0v) is 11.7. The molecule has 0 spiro atoms. The molecule has 0 aliphatic carbocycles. The fourth-order valence-electron chi connectivity index (χ4n) is 1.93. The Kier molecular flexibility index (Phi) is 3.41. The molecule has 0 unspecified atom stereocenters. The van der Waals surface area contributed by atoms with Gasteiger partial charge in [0, 0.05) is 5.56 Å². The standard InChI is InChI=1S/C15H11ClN4O/c16-12-9-5-4-8-11(12)14(21)20-15(17)18-13(19-20)10-6-2-1-3-7-10/h1-9H,(H2,17,18,19). The zero-order chi connectivity index (χ0) is 14.8. The topological polar surface area (TPSA) is 73.8 Å². The number of rotatable bonds is 2. The second-order valence-corrected chi connectivity index (χ2v) is 4.76. The lowest BCUT2D eigenvalue weighted by atomic mass is 10.2. The molecule has 21 heavy (non-hydrogen) atoms. The van der Waals surface area contributed by atoms with Gasteiger partial charge in [-0.15, -0.1) is 5.10 Å². The van der Waals surface area contributed by atoms with Crippen LogP contribution in [0.3, 0.4) is 0 Å². The maximum atomic E-state index is 12.4. The number of anilines is 1. The third-order valence-electron chi connectivity index (χ3n) is 2.96. The first-order valence-corrected chi connectivity index (χ1v) is 6.62. The number of nitrogens with zero attached hydrogens (tertiary/aromatic N) is 3. The van der Waals surface area contributed by atoms with E-state index in [9.17, 15) is 4.79 Å². The third-order valence-corrected chi connectivity index (χ3v) is 3.29. The van der Waals surface area contributed by atoms with Crippen LogP contribution >= 0.6 is 11.6 Å². The molecule has 1 aromatic heterocycles. The summed E-state index contributed by atoms with van der Waals surface area (Å²) in [6, 6.07) is 16.0. The maximum Gasteiger partial charge on any atom is 0.282 e. The first kappa shape index (κ1) is 13.3. The Bertz CT molecular complexity index is 798. The highest BCUT2D eigenvalue weighted by molar-refractivity contribution is 6.33. The Hall–Kier alpha value is -2.66. The van der Waals surface area contributed by atoms with Crippen LogP contribution in [0.5, 0.6) is 0 Å². The van der Waals surface area contributed by atoms with Crippen LogP contribution in [-0.2, 0) is 0 Å². The SMILES string of the molecule is Nc1nc(-c2ccccc2)nn1C(=O)c1ccccc1Cl. The van der Waals surface area contributed by atoms with Crippen LogP contribution in [0, 0.1) is 0 Å². The quantitative estimate of drug-likeness (QED) is 0.789. The Labute approximate surface area is 126 Å². The molecule has 0 fully saturated rings. The summed E-state index contributed by atoms with van der Waals surface area (Å²) in [7, 11) is 0. The molecule has 0 aliphatic rings. The molecule has 0 amide bonds. The van der Waals surface area contributed by atoms with Crippen molar-refractivity contribution < 1.29 is 4.79 Å². The van der Waals surface area contributed by atoms with Gasteiger partial charge in [-0.2, -0.15) is 9.67 Å². The summed E-state index contributed by atoms with van der Waals surface area (Å²) in [6.45, 7) is 0. The van der Waals surface area contributed by atoms with E-state index < -0.39 is 5.91 Å². The van der Waals surface area contributed by atoms with Crippen molar-refractivity contribution in [3.63, 3.8) is 0 Å². The Morgan fingerprint density at radius 2 is 1.71 bits per heavy atom. The smallest absolute Gasteiger partial charge is 0.282 e. The molecule has 0 aliphatic heterocycles. The summed E-state index contributed by atoms with van der Waals surface area (Å²) < 4.78 is 1.06. The van der Waals surface area contributed by atoms with Crippen molar-refractivity contribution in [2.24, 2.45) is 0 Å². The van der Waals surface area contributed by atoms with Gasteiger partial charge in [0.1, 0.15) is 0 Å². The minimum absolute atomic E-state index is 0.0266. The van der Waals surface area contributed by atoms with Crippen molar-refractivity contribution in [3.8, 4) is 11.4 Å². The summed E-state index contributed by atoms with van der Waals surface area (Å²) in [5.41, 5.74) is 6.91. The number of nitrogen functional groups attached to an aromatic ring is 1. The normalized spacial score (nSPS) is 10.5. The van der Waals surface area contributed by atoms with Gasteiger partial charge in [0.2, 0.25) is 5.95 Å². The lowest BCUT2D eigenvalue weighted by Crippen LogP contribution is -2.16. The molecule has 104 valence electrons. The summed E-state index contributed by atoms with van der Waals surface area (Å²) in [4.78, 5) is 16.6. The highest BCUT2D eigenvalue weighted by Gasteiger charge is 2.18. The predicted molar refractivity (Wildman–Crippen MR) is 81.1 cm³/mol. The van der Waals surface area contributed by atoms with Crippen molar-refractivity contribution in [1.82, 2.24) is 14.8 Å². The van der Waals surface area contributed by atoms with Gasteiger partial charge in [0.25, 0.3) is 5.91 Å². The van der Waals surface area contributed by atoms with Crippen LogP contribution in [0.25, 0.3) is 11.4 Å². The number of aromatic nitrogens is 3. The number of hydrogen-bond donors (Lipinski definition) is 1. The molecule has 0 radical (unpaired) electrons. The second kappa shape index (κ2) is 5.38. The highest BCUT2D eigenvalue weighted by Crippen LogP contribution is 2.20. The van der Waals surface area contributed by atoms with Gasteiger partial charge >= 0.3 is 0 Å². The summed E-state index contributed by atoms with van der Waals surface area (Å²) in [5, 5.41) is 4.52.